The van der Waals surface area contributed by atoms with Crippen LogP contribution < -0.4 is 10.6 Å². The van der Waals surface area contributed by atoms with Crippen LogP contribution in [0.2, 0.25) is 0 Å². The highest BCUT2D eigenvalue weighted by molar-refractivity contribution is 5.90. The monoisotopic (exact) mass is 414 g/mol. The lowest BCUT2D eigenvalue weighted by atomic mass is 9.80. The van der Waals surface area contributed by atoms with Gasteiger partial charge in [0.2, 0.25) is 0 Å². The van der Waals surface area contributed by atoms with Crippen molar-refractivity contribution in [2.75, 3.05) is 18.4 Å². The zero-order valence-corrected chi connectivity index (χ0v) is 18.0. The number of aliphatic carboxylic acids is 2. The Morgan fingerprint density at radius 2 is 2.00 bits per heavy atom. The van der Waals surface area contributed by atoms with Crippen LogP contribution in [0.5, 0.6) is 0 Å². The summed E-state index contributed by atoms with van der Waals surface area (Å²) in [6.45, 7) is 5.98. The molecule has 0 amide bonds. The molecule has 0 radical (unpaired) electrons. The maximum atomic E-state index is 10.8. The second kappa shape index (κ2) is 11.6. The van der Waals surface area contributed by atoms with Crippen LogP contribution in [0.4, 0.5) is 5.69 Å². The molecule has 1 aliphatic heterocycles. The Kier molecular flexibility index (Phi) is 9.12. The number of carbonyl (C=O) groups is 2. The number of carboxylic acids is 2. The summed E-state index contributed by atoms with van der Waals surface area (Å²) in [5.74, 6) is -2.06. The van der Waals surface area contributed by atoms with E-state index in [-0.39, 0.29) is 12.0 Å². The fraction of sp³-hybridized carbons (Fsp3) is 0.500. The predicted molar refractivity (Wildman–Crippen MR) is 120 cm³/mol. The molecule has 0 saturated carbocycles. The van der Waals surface area contributed by atoms with Crippen molar-refractivity contribution >= 4 is 17.6 Å². The molecule has 4 N–H and O–H groups in total. The first kappa shape index (κ1) is 23.7. The number of hydrogen-bond donors (Lipinski definition) is 4. The Balaban J connectivity index is 0.000000222. The molecule has 1 unspecified atom stereocenters. The smallest absolute Gasteiger partial charge is 0.331 e. The van der Waals surface area contributed by atoms with Crippen molar-refractivity contribution in [3.63, 3.8) is 0 Å². The third-order valence-corrected chi connectivity index (χ3v) is 5.57. The third kappa shape index (κ3) is 6.73. The van der Waals surface area contributed by atoms with Crippen LogP contribution in [0.1, 0.15) is 64.0 Å². The highest BCUT2D eigenvalue weighted by Gasteiger charge is 2.34. The molecule has 1 aliphatic carbocycles. The van der Waals surface area contributed by atoms with Gasteiger partial charge in [-0.25, -0.2) is 4.79 Å². The van der Waals surface area contributed by atoms with Crippen molar-refractivity contribution in [2.24, 2.45) is 5.41 Å². The van der Waals surface area contributed by atoms with E-state index in [0.717, 1.165) is 13.1 Å². The molecule has 1 aromatic carbocycles. The Labute approximate surface area is 179 Å². The van der Waals surface area contributed by atoms with E-state index in [0.29, 0.717) is 6.04 Å². The Hall–Kier alpha value is -2.60. The zero-order valence-electron chi connectivity index (χ0n) is 18.0. The summed E-state index contributed by atoms with van der Waals surface area (Å²) in [5.41, 5.74) is 1.82. The second-order valence-electron chi connectivity index (χ2n) is 8.13. The second-order valence-corrected chi connectivity index (χ2v) is 8.13. The lowest BCUT2D eigenvalue weighted by Gasteiger charge is -2.26. The summed E-state index contributed by atoms with van der Waals surface area (Å²) in [6, 6.07) is 9.30. The van der Waals surface area contributed by atoms with Gasteiger partial charge in [-0.1, -0.05) is 56.2 Å². The number of carboxylic acid groups (broad SMARTS) is 2. The lowest BCUT2D eigenvalue weighted by molar-refractivity contribution is -0.145. The van der Waals surface area contributed by atoms with Gasteiger partial charge in [0.25, 0.3) is 0 Å². The summed E-state index contributed by atoms with van der Waals surface area (Å²) in [7, 11) is 0. The molecule has 2 aliphatic rings. The van der Waals surface area contributed by atoms with Gasteiger partial charge in [0.05, 0.1) is 5.41 Å². The molecule has 2 atom stereocenters. The van der Waals surface area contributed by atoms with Gasteiger partial charge in [-0.3, -0.25) is 4.79 Å². The number of para-hydroxylation sites is 1. The topological polar surface area (TPSA) is 98.7 Å². The lowest BCUT2D eigenvalue weighted by Crippen LogP contribution is -2.28. The first-order valence-electron chi connectivity index (χ1n) is 10.8. The van der Waals surface area contributed by atoms with Gasteiger partial charge < -0.3 is 20.8 Å². The maximum absolute atomic E-state index is 10.8. The Morgan fingerprint density at radius 3 is 2.63 bits per heavy atom. The van der Waals surface area contributed by atoms with Gasteiger partial charge in [-0.05, 0) is 50.8 Å². The van der Waals surface area contributed by atoms with Crippen molar-refractivity contribution in [2.45, 2.75) is 58.4 Å². The summed E-state index contributed by atoms with van der Waals surface area (Å²) in [5, 5.41) is 24.7. The number of piperidine rings is 1. The first-order chi connectivity index (χ1) is 14.4. The Bertz CT molecular complexity index is 781. The molecular weight excluding hydrogens is 380 g/mol. The number of rotatable bonds is 7. The standard InChI is InChI=1S/C15H24N2.C9H10O4/c1-2-3-11-16-14-9-5-4-8-13(14)15-10-6-7-12-17-15;1-9(8(12)13)4-2-3-6(5-9)7(10)11/h4-5,8-9,15-17H,2-3,6-7,10-12H2,1H3;2-4H,5H2,1H3,(H,10,11)(H,12,13)/t;9-/m.1/s1. The van der Waals surface area contributed by atoms with Crippen LogP contribution in [0, 0.1) is 5.41 Å². The molecular formula is C24H34N2O4. The van der Waals surface area contributed by atoms with E-state index in [9.17, 15) is 9.59 Å². The Morgan fingerprint density at radius 1 is 1.23 bits per heavy atom. The van der Waals surface area contributed by atoms with Gasteiger partial charge in [0.15, 0.2) is 0 Å². The van der Waals surface area contributed by atoms with Crippen LogP contribution in [0.15, 0.2) is 48.1 Å². The molecule has 0 aromatic heterocycles. The largest absolute Gasteiger partial charge is 0.481 e. The van der Waals surface area contributed by atoms with Crippen LogP contribution in [0.25, 0.3) is 0 Å². The normalized spacial score (nSPS) is 23.0. The van der Waals surface area contributed by atoms with E-state index < -0.39 is 17.4 Å². The van der Waals surface area contributed by atoms with Crippen LogP contribution >= 0.6 is 0 Å². The fourth-order valence-corrected chi connectivity index (χ4v) is 3.66. The predicted octanol–water partition coefficient (Wildman–Crippen LogP) is 4.76. The minimum absolute atomic E-state index is 0.0359. The summed E-state index contributed by atoms with van der Waals surface area (Å²) >= 11 is 0. The van der Waals surface area contributed by atoms with Crippen LogP contribution in [0.3, 0.4) is 0 Å². The van der Waals surface area contributed by atoms with E-state index in [4.69, 9.17) is 10.2 Å². The molecule has 1 aromatic rings. The summed E-state index contributed by atoms with van der Waals surface area (Å²) in [6.07, 6.45) is 10.9. The fourth-order valence-electron chi connectivity index (χ4n) is 3.66. The average molecular weight is 415 g/mol. The number of allylic oxidation sites excluding steroid dienone is 2. The van der Waals surface area contributed by atoms with Gasteiger partial charge in [-0.2, -0.15) is 0 Å². The van der Waals surface area contributed by atoms with Crippen molar-refractivity contribution in [1.29, 1.82) is 0 Å². The summed E-state index contributed by atoms with van der Waals surface area (Å²) < 4.78 is 0. The highest BCUT2D eigenvalue weighted by Crippen LogP contribution is 2.31. The van der Waals surface area contributed by atoms with Crippen molar-refractivity contribution in [3.05, 3.63) is 53.6 Å². The van der Waals surface area contributed by atoms with Gasteiger partial charge in [-0.15, -0.1) is 0 Å². The van der Waals surface area contributed by atoms with E-state index in [2.05, 4.69) is 41.8 Å². The molecule has 164 valence electrons. The summed E-state index contributed by atoms with van der Waals surface area (Å²) in [4.78, 5) is 21.3. The van der Waals surface area contributed by atoms with Crippen molar-refractivity contribution < 1.29 is 19.8 Å². The first-order valence-corrected chi connectivity index (χ1v) is 10.8. The van der Waals surface area contributed by atoms with E-state index in [1.807, 2.05) is 0 Å². The average Bonchev–Trinajstić information content (AvgIpc) is 2.75. The van der Waals surface area contributed by atoms with Gasteiger partial charge >= 0.3 is 11.9 Å². The minimum Gasteiger partial charge on any atom is -0.481 e. The van der Waals surface area contributed by atoms with Crippen LogP contribution in [-0.4, -0.2) is 35.2 Å². The number of benzene rings is 1. The molecule has 0 spiro atoms. The molecule has 30 heavy (non-hydrogen) atoms. The number of nitrogens with one attached hydrogen (secondary N) is 2. The molecule has 6 nitrogen and oxygen atoms in total. The highest BCUT2D eigenvalue weighted by atomic mass is 16.4. The molecule has 1 heterocycles. The number of unbranched alkanes of at least 4 members (excludes halogenated alkanes) is 1. The molecule has 3 rings (SSSR count). The van der Waals surface area contributed by atoms with Crippen molar-refractivity contribution in [3.8, 4) is 0 Å². The SMILES string of the molecule is CCCCNc1ccccc1C1CCCCN1.C[C@@]1(C(=O)O)C=CC=C(C(=O)O)C1. The van der Waals surface area contributed by atoms with Gasteiger partial charge in [0, 0.05) is 23.8 Å². The quantitative estimate of drug-likeness (QED) is 0.480. The van der Waals surface area contributed by atoms with Crippen molar-refractivity contribution in [1.82, 2.24) is 5.32 Å². The third-order valence-electron chi connectivity index (χ3n) is 5.57. The van der Waals surface area contributed by atoms with Gasteiger partial charge in [0.1, 0.15) is 0 Å². The van der Waals surface area contributed by atoms with E-state index in [1.165, 1.54) is 68.5 Å². The molecule has 6 heteroatoms. The minimum atomic E-state index is -1.08. The molecule has 1 fully saturated rings. The number of hydrogen-bond acceptors (Lipinski definition) is 4. The molecule has 0 bridgehead atoms. The van der Waals surface area contributed by atoms with E-state index >= 15 is 0 Å². The zero-order chi connectivity index (χ0) is 22.0. The van der Waals surface area contributed by atoms with E-state index in [1.54, 1.807) is 0 Å². The van der Waals surface area contributed by atoms with Crippen LogP contribution in [-0.2, 0) is 9.59 Å². The molecule has 1 saturated heterocycles. The maximum Gasteiger partial charge on any atom is 0.331 e. The number of anilines is 1.